The molecule has 0 aliphatic heterocycles. The van der Waals surface area contributed by atoms with Crippen LogP contribution in [0.2, 0.25) is 0 Å². The summed E-state index contributed by atoms with van der Waals surface area (Å²) in [6, 6.07) is 0. The number of esters is 1. The standard InChI is InChI=1S/C12H26N2O2/c1-7-16-11(15)12(4,13-5)9-14(6)8-10(2)3/h10,13H,7-9H2,1-6H3. The van der Waals surface area contributed by atoms with Crippen LogP contribution in [0.1, 0.15) is 27.7 Å². The summed E-state index contributed by atoms with van der Waals surface area (Å²) in [5.74, 6) is 0.404. The third-order valence-corrected chi connectivity index (χ3v) is 2.54. The highest BCUT2D eigenvalue weighted by Crippen LogP contribution is 2.09. The molecule has 0 spiro atoms. The fourth-order valence-corrected chi connectivity index (χ4v) is 1.76. The SMILES string of the molecule is CCOC(=O)C(C)(CN(C)CC(C)C)NC. The maximum atomic E-state index is 11.8. The number of nitrogens with zero attached hydrogens (tertiary/aromatic N) is 1. The van der Waals surface area contributed by atoms with E-state index in [1.165, 1.54) is 0 Å². The molecule has 4 nitrogen and oxygen atoms in total. The zero-order chi connectivity index (χ0) is 12.8. The Morgan fingerprint density at radius 3 is 2.44 bits per heavy atom. The first kappa shape index (κ1) is 15.4. The van der Waals surface area contributed by atoms with E-state index in [4.69, 9.17) is 4.74 Å². The first-order valence-corrected chi connectivity index (χ1v) is 5.90. The van der Waals surface area contributed by atoms with Gasteiger partial charge in [0.25, 0.3) is 0 Å². The van der Waals surface area contributed by atoms with E-state index in [0.29, 0.717) is 19.1 Å². The van der Waals surface area contributed by atoms with Crippen LogP contribution in [0.4, 0.5) is 0 Å². The molecular weight excluding hydrogens is 204 g/mol. The van der Waals surface area contributed by atoms with Crippen molar-refractivity contribution in [2.75, 3.05) is 33.8 Å². The number of hydrogen-bond acceptors (Lipinski definition) is 4. The molecule has 1 N–H and O–H groups in total. The van der Waals surface area contributed by atoms with Crippen molar-refractivity contribution in [3.05, 3.63) is 0 Å². The van der Waals surface area contributed by atoms with Crippen LogP contribution in [0.15, 0.2) is 0 Å². The lowest BCUT2D eigenvalue weighted by atomic mass is 10.0. The molecule has 4 heteroatoms. The summed E-state index contributed by atoms with van der Waals surface area (Å²) >= 11 is 0. The van der Waals surface area contributed by atoms with E-state index >= 15 is 0 Å². The van der Waals surface area contributed by atoms with E-state index in [2.05, 4.69) is 24.1 Å². The van der Waals surface area contributed by atoms with Crippen molar-refractivity contribution < 1.29 is 9.53 Å². The van der Waals surface area contributed by atoms with Gasteiger partial charge >= 0.3 is 5.97 Å². The second kappa shape index (κ2) is 6.86. The van der Waals surface area contributed by atoms with Gasteiger partial charge in [-0.2, -0.15) is 0 Å². The number of likely N-dealkylation sites (N-methyl/N-ethyl adjacent to an activating group) is 2. The number of ether oxygens (including phenoxy) is 1. The molecule has 1 unspecified atom stereocenters. The van der Waals surface area contributed by atoms with Gasteiger partial charge in [-0.3, -0.25) is 4.79 Å². The van der Waals surface area contributed by atoms with Crippen molar-refractivity contribution in [3.8, 4) is 0 Å². The molecule has 0 amide bonds. The fourth-order valence-electron chi connectivity index (χ4n) is 1.76. The molecular formula is C12H26N2O2. The average molecular weight is 230 g/mol. The van der Waals surface area contributed by atoms with E-state index in [0.717, 1.165) is 6.54 Å². The van der Waals surface area contributed by atoms with Gasteiger partial charge in [0, 0.05) is 13.1 Å². The highest BCUT2D eigenvalue weighted by molar-refractivity contribution is 5.80. The lowest BCUT2D eigenvalue weighted by Crippen LogP contribution is -2.56. The summed E-state index contributed by atoms with van der Waals surface area (Å²) in [5.41, 5.74) is -0.625. The topological polar surface area (TPSA) is 41.6 Å². The van der Waals surface area contributed by atoms with Crippen molar-refractivity contribution in [2.24, 2.45) is 5.92 Å². The number of nitrogens with one attached hydrogen (secondary N) is 1. The highest BCUT2D eigenvalue weighted by Gasteiger charge is 2.34. The zero-order valence-electron chi connectivity index (χ0n) is 11.5. The van der Waals surface area contributed by atoms with Crippen molar-refractivity contribution in [2.45, 2.75) is 33.2 Å². The van der Waals surface area contributed by atoms with Gasteiger partial charge in [-0.15, -0.1) is 0 Å². The Morgan fingerprint density at radius 1 is 1.50 bits per heavy atom. The molecule has 0 radical (unpaired) electrons. The van der Waals surface area contributed by atoms with Crippen molar-refractivity contribution in [1.29, 1.82) is 0 Å². The molecule has 0 saturated heterocycles. The van der Waals surface area contributed by atoms with Gasteiger partial charge in [0.15, 0.2) is 0 Å². The van der Waals surface area contributed by atoms with Gasteiger partial charge in [-0.05, 0) is 33.9 Å². The number of carbonyl (C=O) groups excluding carboxylic acids is 1. The van der Waals surface area contributed by atoms with E-state index in [1.807, 2.05) is 20.9 Å². The molecule has 0 fully saturated rings. The van der Waals surface area contributed by atoms with Crippen LogP contribution in [-0.4, -0.2) is 50.2 Å². The number of hydrogen-bond donors (Lipinski definition) is 1. The number of carbonyl (C=O) groups is 1. The Bertz CT molecular complexity index is 219. The minimum absolute atomic E-state index is 0.187. The van der Waals surface area contributed by atoms with Crippen molar-refractivity contribution in [1.82, 2.24) is 10.2 Å². The molecule has 16 heavy (non-hydrogen) atoms. The molecule has 0 rings (SSSR count). The van der Waals surface area contributed by atoms with E-state index in [-0.39, 0.29) is 5.97 Å². The van der Waals surface area contributed by atoms with Crippen molar-refractivity contribution in [3.63, 3.8) is 0 Å². The molecule has 0 saturated carbocycles. The third kappa shape index (κ3) is 4.94. The largest absolute Gasteiger partial charge is 0.465 e. The molecule has 0 aliphatic rings. The molecule has 0 aromatic rings. The highest BCUT2D eigenvalue weighted by atomic mass is 16.5. The lowest BCUT2D eigenvalue weighted by molar-refractivity contribution is -0.151. The first-order valence-electron chi connectivity index (χ1n) is 5.90. The van der Waals surface area contributed by atoms with Crippen molar-refractivity contribution >= 4 is 5.97 Å². The molecule has 1 atom stereocenters. The van der Waals surface area contributed by atoms with Gasteiger partial charge < -0.3 is 15.0 Å². The third-order valence-electron chi connectivity index (χ3n) is 2.54. The molecule has 0 aliphatic carbocycles. The second-order valence-electron chi connectivity index (χ2n) is 4.89. The fraction of sp³-hybridized carbons (Fsp3) is 0.917. The molecule has 0 bridgehead atoms. The molecule has 0 heterocycles. The Hall–Kier alpha value is -0.610. The average Bonchev–Trinajstić information content (AvgIpc) is 2.16. The summed E-state index contributed by atoms with van der Waals surface area (Å²) < 4.78 is 5.08. The second-order valence-corrected chi connectivity index (χ2v) is 4.89. The van der Waals surface area contributed by atoms with Crippen LogP contribution in [-0.2, 0) is 9.53 Å². The summed E-state index contributed by atoms with van der Waals surface area (Å²) in [6.07, 6.45) is 0. The van der Waals surface area contributed by atoms with Crippen LogP contribution in [0, 0.1) is 5.92 Å². The number of rotatable bonds is 7. The van der Waals surface area contributed by atoms with Gasteiger partial charge in [0.2, 0.25) is 0 Å². The van der Waals surface area contributed by atoms with Crippen LogP contribution in [0.5, 0.6) is 0 Å². The van der Waals surface area contributed by atoms with Crippen LogP contribution in [0.25, 0.3) is 0 Å². The Kier molecular flexibility index (Phi) is 6.60. The summed E-state index contributed by atoms with van der Waals surface area (Å²) in [5, 5.41) is 3.05. The maximum Gasteiger partial charge on any atom is 0.327 e. The Balaban J connectivity index is 4.40. The summed E-state index contributed by atoms with van der Waals surface area (Å²) in [6.45, 7) is 10.1. The van der Waals surface area contributed by atoms with E-state index in [1.54, 1.807) is 7.05 Å². The van der Waals surface area contributed by atoms with Gasteiger partial charge in [0.05, 0.1) is 6.61 Å². The minimum Gasteiger partial charge on any atom is -0.465 e. The molecule has 0 aromatic carbocycles. The van der Waals surface area contributed by atoms with E-state index < -0.39 is 5.54 Å². The normalized spacial score (nSPS) is 15.2. The smallest absolute Gasteiger partial charge is 0.327 e. The Morgan fingerprint density at radius 2 is 2.06 bits per heavy atom. The summed E-state index contributed by atoms with van der Waals surface area (Å²) in [7, 11) is 3.81. The first-order chi connectivity index (χ1) is 7.35. The van der Waals surface area contributed by atoms with Gasteiger partial charge in [0.1, 0.15) is 5.54 Å². The zero-order valence-corrected chi connectivity index (χ0v) is 11.5. The van der Waals surface area contributed by atoms with Crippen LogP contribution < -0.4 is 5.32 Å². The molecule has 0 aromatic heterocycles. The quantitative estimate of drug-likeness (QED) is 0.665. The monoisotopic (exact) mass is 230 g/mol. The van der Waals surface area contributed by atoms with E-state index in [9.17, 15) is 4.79 Å². The van der Waals surface area contributed by atoms with Crippen LogP contribution in [0.3, 0.4) is 0 Å². The van der Waals surface area contributed by atoms with Crippen LogP contribution >= 0.6 is 0 Å². The van der Waals surface area contributed by atoms with Gasteiger partial charge in [-0.1, -0.05) is 13.8 Å². The summed E-state index contributed by atoms with van der Waals surface area (Å²) in [4.78, 5) is 14.0. The predicted octanol–water partition coefficient (Wildman–Crippen LogP) is 1.12. The molecule has 96 valence electrons. The lowest BCUT2D eigenvalue weighted by Gasteiger charge is -2.32. The Labute approximate surface area is 99.3 Å². The predicted molar refractivity (Wildman–Crippen MR) is 66.4 cm³/mol. The minimum atomic E-state index is -0.625. The maximum absolute atomic E-state index is 11.8. The van der Waals surface area contributed by atoms with Gasteiger partial charge in [-0.25, -0.2) is 0 Å².